The number of carboxylic acid groups (broad SMARTS) is 1. The number of hydrogen-bond acceptors (Lipinski definition) is 3. The fourth-order valence-electron chi connectivity index (χ4n) is 2.97. The molecule has 0 spiro atoms. The van der Waals surface area contributed by atoms with Gasteiger partial charge in [-0.15, -0.1) is 0 Å². The molecule has 22 heavy (non-hydrogen) atoms. The van der Waals surface area contributed by atoms with Gasteiger partial charge in [0.15, 0.2) is 0 Å². The SMILES string of the molecule is CCc1c(C(=O)N2CCC(C(=O)O)CC2)cnn1CC(C)C. The summed E-state index contributed by atoms with van der Waals surface area (Å²) in [5.41, 5.74) is 1.64. The highest BCUT2D eigenvalue weighted by atomic mass is 16.4. The Morgan fingerprint density at radius 1 is 1.36 bits per heavy atom. The van der Waals surface area contributed by atoms with Gasteiger partial charge in [0.1, 0.15) is 0 Å². The highest BCUT2D eigenvalue weighted by molar-refractivity contribution is 5.95. The van der Waals surface area contributed by atoms with Crippen LogP contribution in [0.3, 0.4) is 0 Å². The lowest BCUT2D eigenvalue weighted by Gasteiger charge is -2.30. The van der Waals surface area contributed by atoms with Crippen LogP contribution in [0, 0.1) is 11.8 Å². The van der Waals surface area contributed by atoms with Gasteiger partial charge in [0.05, 0.1) is 23.4 Å². The molecule has 1 saturated heterocycles. The van der Waals surface area contributed by atoms with Crippen LogP contribution in [0.25, 0.3) is 0 Å². The van der Waals surface area contributed by atoms with E-state index in [0.717, 1.165) is 18.7 Å². The molecule has 0 aromatic carbocycles. The molecule has 2 rings (SSSR count). The average molecular weight is 307 g/mol. The predicted molar refractivity (Wildman–Crippen MR) is 82.7 cm³/mol. The van der Waals surface area contributed by atoms with Gasteiger partial charge in [0.2, 0.25) is 0 Å². The van der Waals surface area contributed by atoms with Crippen LogP contribution in [0.4, 0.5) is 0 Å². The maximum absolute atomic E-state index is 12.7. The zero-order valence-electron chi connectivity index (χ0n) is 13.6. The Balaban J connectivity index is 2.10. The molecular weight excluding hydrogens is 282 g/mol. The molecule has 1 aromatic heterocycles. The number of aromatic nitrogens is 2. The maximum atomic E-state index is 12.7. The Morgan fingerprint density at radius 3 is 2.50 bits per heavy atom. The van der Waals surface area contributed by atoms with Crippen molar-refractivity contribution < 1.29 is 14.7 Å². The molecule has 1 aliphatic heterocycles. The number of carbonyl (C=O) groups is 2. The molecule has 1 aliphatic rings. The van der Waals surface area contributed by atoms with Gasteiger partial charge in [0.25, 0.3) is 5.91 Å². The molecule has 0 saturated carbocycles. The highest BCUT2D eigenvalue weighted by Gasteiger charge is 2.29. The Hall–Kier alpha value is -1.85. The molecule has 6 nitrogen and oxygen atoms in total. The van der Waals surface area contributed by atoms with Crippen molar-refractivity contribution >= 4 is 11.9 Å². The van der Waals surface area contributed by atoms with E-state index in [-0.39, 0.29) is 11.8 Å². The molecule has 6 heteroatoms. The minimum Gasteiger partial charge on any atom is -0.481 e. The topological polar surface area (TPSA) is 75.4 Å². The fraction of sp³-hybridized carbons (Fsp3) is 0.688. The van der Waals surface area contributed by atoms with Crippen LogP contribution < -0.4 is 0 Å². The summed E-state index contributed by atoms with van der Waals surface area (Å²) in [6.07, 6.45) is 3.48. The van der Waals surface area contributed by atoms with E-state index < -0.39 is 5.97 Å². The molecule has 122 valence electrons. The van der Waals surface area contributed by atoms with Crippen molar-refractivity contribution in [3.63, 3.8) is 0 Å². The van der Waals surface area contributed by atoms with Gasteiger partial charge < -0.3 is 10.0 Å². The summed E-state index contributed by atoms with van der Waals surface area (Å²) in [5, 5.41) is 13.4. The van der Waals surface area contributed by atoms with E-state index in [2.05, 4.69) is 18.9 Å². The summed E-state index contributed by atoms with van der Waals surface area (Å²) in [4.78, 5) is 25.4. The summed E-state index contributed by atoms with van der Waals surface area (Å²) in [5.74, 6) is -0.625. The van der Waals surface area contributed by atoms with Crippen molar-refractivity contribution in [2.45, 2.75) is 46.6 Å². The number of rotatable bonds is 5. The number of likely N-dealkylation sites (tertiary alicyclic amines) is 1. The number of carbonyl (C=O) groups excluding carboxylic acids is 1. The molecule has 2 heterocycles. The summed E-state index contributed by atoms with van der Waals surface area (Å²) in [7, 11) is 0. The lowest BCUT2D eigenvalue weighted by Crippen LogP contribution is -2.40. The maximum Gasteiger partial charge on any atom is 0.306 e. The number of amides is 1. The average Bonchev–Trinajstić information content (AvgIpc) is 2.88. The van der Waals surface area contributed by atoms with Gasteiger partial charge in [-0.25, -0.2) is 0 Å². The van der Waals surface area contributed by atoms with Crippen molar-refractivity contribution in [1.82, 2.24) is 14.7 Å². The number of piperidine rings is 1. The predicted octanol–water partition coefficient (Wildman–Crippen LogP) is 2.04. The zero-order chi connectivity index (χ0) is 16.3. The Kier molecular flexibility index (Phi) is 5.21. The van der Waals surface area contributed by atoms with E-state index in [0.29, 0.717) is 37.4 Å². The third kappa shape index (κ3) is 3.48. The van der Waals surface area contributed by atoms with Gasteiger partial charge in [-0.3, -0.25) is 14.3 Å². The van der Waals surface area contributed by atoms with E-state index in [1.165, 1.54) is 0 Å². The van der Waals surface area contributed by atoms with Crippen LogP contribution in [0.5, 0.6) is 0 Å². The van der Waals surface area contributed by atoms with Crippen LogP contribution in [0.15, 0.2) is 6.20 Å². The summed E-state index contributed by atoms with van der Waals surface area (Å²) in [6.45, 7) is 8.10. The van der Waals surface area contributed by atoms with Crippen LogP contribution >= 0.6 is 0 Å². The Labute approximate surface area is 131 Å². The van der Waals surface area contributed by atoms with E-state index in [1.807, 2.05) is 11.6 Å². The monoisotopic (exact) mass is 307 g/mol. The number of hydrogen-bond donors (Lipinski definition) is 1. The molecule has 0 bridgehead atoms. The first kappa shape index (κ1) is 16.5. The first-order valence-corrected chi connectivity index (χ1v) is 8.00. The minimum atomic E-state index is -0.758. The number of nitrogens with zero attached hydrogens (tertiary/aromatic N) is 3. The third-order valence-corrected chi connectivity index (χ3v) is 4.18. The third-order valence-electron chi connectivity index (χ3n) is 4.18. The van der Waals surface area contributed by atoms with Crippen LogP contribution in [0.2, 0.25) is 0 Å². The van der Waals surface area contributed by atoms with Crippen LogP contribution in [-0.2, 0) is 17.8 Å². The molecule has 0 radical (unpaired) electrons. The van der Waals surface area contributed by atoms with Crippen LogP contribution in [0.1, 0.15) is 49.7 Å². The standard InChI is InChI=1S/C16H25N3O3/c1-4-14-13(9-17-19(14)10-11(2)3)15(20)18-7-5-12(6-8-18)16(21)22/h9,11-12H,4-8,10H2,1-3H3,(H,21,22). The first-order chi connectivity index (χ1) is 10.4. The second kappa shape index (κ2) is 6.94. The van der Waals surface area contributed by atoms with E-state index in [4.69, 9.17) is 5.11 Å². The zero-order valence-corrected chi connectivity index (χ0v) is 13.6. The van der Waals surface area contributed by atoms with Crippen molar-refractivity contribution in [2.75, 3.05) is 13.1 Å². The molecule has 1 amide bonds. The summed E-state index contributed by atoms with van der Waals surface area (Å²) in [6, 6.07) is 0. The molecule has 1 fully saturated rings. The summed E-state index contributed by atoms with van der Waals surface area (Å²) < 4.78 is 1.92. The highest BCUT2D eigenvalue weighted by Crippen LogP contribution is 2.21. The van der Waals surface area contributed by atoms with Crippen molar-refractivity contribution in [1.29, 1.82) is 0 Å². The molecular formula is C16H25N3O3. The van der Waals surface area contributed by atoms with Gasteiger partial charge in [-0.1, -0.05) is 20.8 Å². The van der Waals surface area contributed by atoms with E-state index in [1.54, 1.807) is 11.1 Å². The van der Waals surface area contributed by atoms with E-state index in [9.17, 15) is 9.59 Å². The summed E-state index contributed by atoms with van der Waals surface area (Å²) >= 11 is 0. The fourth-order valence-corrected chi connectivity index (χ4v) is 2.97. The van der Waals surface area contributed by atoms with E-state index >= 15 is 0 Å². The molecule has 0 aliphatic carbocycles. The van der Waals surface area contributed by atoms with Gasteiger partial charge >= 0.3 is 5.97 Å². The second-order valence-corrected chi connectivity index (χ2v) is 6.34. The van der Waals surface area contributed by atoms with Crippen molar-refractivity contribution in [3.05, 3.63) is 17.5 Å². The molecule has 1 aromatic rings. The Morgan fingerprint density at radius 2 is 2.00 bits per heavy atom. The molecule has 0 atom stereocenters. The molecule has 0 unspecified atom stereocenters. The first-order valence-electron chi connectivity index (χ1n) is 8.00. The largest absolute Gasteiger partial charge is 0.481 e. The lowest BCUT2D eigenvalue weighted by atomic mass is 9.96. The minimum absolute atomic E-state index is 0.0179. The second-order valence-electron chi connectivity index (χ2n) is 6.34. The lowest BCUT2D eigenvalue weighted by molar-refractivity contribution is -0.143. The van der Waals surface area contributed by atoms with Crippen molar-refractivity contribution in [3.8, 4) is 0 Å². The van der Waals surface area contributed by atoms with Crippen molar-refractivity contribution in [2.24, 2.45) is 11.8 Å². The van der Waals surface area contributed by atoms with Gasteiger partial charge in [-0.2, -0.15) is 5.10 Å². The number of aliphatic carboxylic acids is 1. The number of carboxylic acids is 1. The smallest absolute Gasteiger partial charge is 0.306 e. The van der Waals surface area contributed by atoms with Gasteiger partial charge in [-0.05, 0) is 25.2 Å². The van der Waals surface area contributed by atoms with Crippen LogP contribution in [-0.4, -0.2) is 44.8 Å². The Bertz CT molecular complexity index is 543. The normalized spacial score (nSPS) is 16.3. The van der Waals surface area contributed by atoms with Gasteiger partial charge in [0, 0.05) is 19.6 Å². The quantitative estimate of drug-likeness (QED) is 0.903. The molecule has 1 N–H and O–H groups in total.